The zero-order chi connectivity index (χ0) is 42.8. The van der Waals surface area contributed by atoms with Crippen molar-refractivity contribution >= 4 is 19.8 Å². The summed E-state index contributed by atoms with van der Waals surface area (Å²) in [6.07, 6.45) is 50.6. The van der Waals surface area contributed by atoms with Crippen molar-refractivity contribution < 1.29 is 42.1 Å². The fraction of sp³-hybridized carbons (Fsp3) is 0.667. The Morgan fingerprint density at radius 2 is 0.983 bits per heavy atom. The molecule has 1 N–H and O–H groups in total. The summed E-state index contributed by atoms with van der Waals surface area (Å²) in [5.41, 5.74) is 0. The first-order valence-corrected chi connectivity index (χ1v) is 23.8. The normalized spacial score (nSPS) is 14.4. The van der Waals surface area contributed by atoms with E-state index in [1.165, 1.54) is 38.5 Å². The number of allylic oxidation sites excluding steroid dienone is 14. The Hall–Kier alpha value is -2.81. The van der Waals surface area contributed by atoms with E-state index in [-0.39, 0.29) is 26.1 Å². The van der Waals surface area contributed by atoms with Crippen molar-refractivity contribution in [2.24, 2.45) is 0 Å². The number of ether oxygens (including phenoxy) is 2. The molecule has 9 nitrogen and oxygen atoms in total. The second kappa shape index (κ2) is 39.6. The molecule has 0 saturated carbocycles. The van der Waals surface area contributed by atoms with Gasteiger partial charge in [-0.2, -0.15) is 0 Å². The van der Waals surface area contributed by atoms with E-state index in [2.05, 4.69) is 98.9 Å². The highest BCUT2D eigenvalue weighted by atomic mass is 31.2. The van der Waals surface area contributed by atoms with Gasteiger partial charge in [0.2, 0.25) is 0 Å². The molecule has 0 radical (unpaired) electrons. The highest BCUT2D eigenvalue weighted by molar-refractivity contribution is 7.47. The summed E-state index contributed by atoms with van der Waals surface area (Å²) in [5, 5.41) is 0. The number of hydrogen-bond donors (Lipinski definition) is 1. The van der Waals surface area contributed by atoms with Gasteiger partial charge in [0.05, 0.1) is 27.7 Å². The number of esters is 2. The standard InChI is InChI=1S/C48H82NO8P/c1-6-8-10-12-14-16-18-20-22-23-24-25-27-29-31-33-35-37-39-41-48(51)57-46(45-56-58(52,53)55-43-42-49(3,4)5)44-54-47(50)40-38-36-34-32-30-28-26-21-19-17-15-13-11-9-7-2/h8,10,14,16,20-22,24-26,29-32,46H,6-7,9,11-13,15,17-19,23,27-28,33-45H2,1-5H3/p+1/b10-8+,16-14+,22-20+,25-24+,26-21+,31-29+,32-30+/t46-/m1/s1. The van der Waals surface area contributed by atoms with Gasteiger partial charge in [-0.25, -0.2) is 4.57 Å². The lowest BCUT2D eigenvalue weighted by atomic mass is 10.1. The van der Waals surface area contributed by atoms with Crippen LogP contribution in [0.3, 0.4) is 0 Å². The molecule has 0 aliphatic rings. The summed E-state index contributed by atoms with van der Waals surface area (Å²) in [6.45, 7) is 4.20. The van der Waals surface area contributed by atoms with Crippen molar-refractivity contribution in [2.75, 3.05) is 47.5 Å². The Morgan fingerprint density at radius 3 is 1.50 bits per heavy atom. The zero-order valence-electron chi connectivity index (χ0n) is 37.2. The van der Waals surface area contributed by atoms with E-state index in [1.54, 1.807) is 0 Å². The van der Waals surface area contributed by atoms with Gasteiger partial charge in [0, 0.05) is 12.8 Å². The number of quaternary nitrogens is 1. The minimum Gasteiger partial charge on any atom is -0.462 e. The molecule has 0 amide bonds. The third-order valence-corrected chi connectivity index (χ3v) is 9.89. The van der Waals surface area contributed by atoms with E-state index in [4.69, 9.17) is 18.5 Å². The molecule has 0 spiro atoms. The third kappa shape index (κ3) is 42.8. The van der Waals surface area contributed by atoms with Gasteiger partial charge in [0.1, 0.15) is 19.8 Å². The molecule has 0 rings (SSSR count). The monoisotopic (exact) mass is 833 g/mol. The molecule has 10 heteroatoms. The molecule has 2 atom stereocenters. The van der Waals surface area contributed by atoms with Gasteiger partial charge in [-0.15, -0.1) is 0 Å². The number of nitrogens with zero attached hydrogens (tertiary/aromatic N) is 1. The molecule has 0 bridgehead atoms. The Labute approximate surface area is 354 Å². The molecule has 332 valence electrons. The Bertz CT molecular complexity index is 1260. The molecule has 0 aromatic rings. The predicted octanol–water partition coefficient (Wildman–Crippen LogP) is 12.8. The summed E-state index contributed by atoms with van der Waals surface area (Å²) < 4.78 is 34.2. The van der Waals surface area contributed by atoms with Crippen LogP contribution in [-0.2, 0) is 32.7 Å². The van der Waals surface area contributed by atoms with Crippen LogP contribution >= 0.6 is 7.82 Å². The molecule has 0 aromatic heterocycles. The van der Waals surface area contributed by atoms with Crippen LogP contribution in [0.25, 0.3) is 0 Å². The molecular weight excluding hydrogens is 750 g/mol. The van der Waals surface area contributed by atoms with Crippen LogP contribution in [-0.4, -0.2) is 74.9 Å². The van der Waals surface area contributed by atoms with Gasteiger partial charge in [0.15, 0.2) is 6.10 Å². The van der Waals surface area contributed by atoms with Gasteiger partial charge in [0.25, 0.3) is 0 Å². The second-order valence-corrected chi connectivity index (χ2v) is 17.1. The number of rotatable bonds is 39. The largest absolute Gasteiger partial charge is 0.472 e. The van der Waals surface area contributed by atoms with E-state index >= 15 is 0 Å². The SMILES string of the molecule is CC/C=C/C/C=C/C/C=C/C/C=C/C/C=C/CCCCCC(=O)O[C@H](COC(=O)CCCC/C=C/C/C=C/CCCCCCCC)COP(=O)(O)OCC[N+](C)(C)C. The van der Waals surface area contributed by atoms with Crippen LogP contribution in [0.5, 0.6) is 0 Å². The second-order valence-electron chi connectivity index (χ2n) is 15.7. The van der Waals surface area contributed by atoms with E-state index in [0.717, 1.165) is 77.0 Å². The highest BCUT2D eigenvalue weighted by Crippen LogP contribution is 2.43. The van der Waals surface area contributed by atoms with E-state index in [9.17, 15) is 19.0 Å². The summed E-state index contributed by atoms with van der Waals surface area (Å²) in [5.74, 6) is -0.883. The number of likely N-dealkylation sites (N-methyl/N-ethyl adjacent to an activating group) is 1. The van der Waals surface area contributed by atoms with Crippen molar-refractivity contribution in [3.63, 3.8) is 0 Å². The van der Waals surface area contributed by atoms with E-state index < -0.39 is 32.5 Å². The van der Waals surface area contributed by atoms with Crippen LogP contribution < -0.4 is 0 Å². The van der Waals surface area contributed by atoms with Crippen molar-refractivity contribution in [1.29, 1.82) is 0 Å². The fourth-order valence-corrected chi connectivity index (χ4v) is 6.16. The number of hydrogen-bond acceptors (Lipinski definition) is 7. The van der Waals surface area contributed by atoms with Crippen LogP contribution in [0.15, 0.2) is 85.1 Å². The van der Waals surface area contributed by atoms with Gasteiger partial charge in [-0.1, -0.05) is 137 Å². The number of phosphoric ester groups is 1. The smallest absolute Gasteiger partial charge is 0.462 e. The topological polar surface area (TPSA) is 108 Å². The lowest BCUT2D eigenvalue weighted by molar-refractivity contribution is -0.870. The average Bonchev–Trinajstić information content (AvgIpc) is 3.17. The van der Waals surface area contributed by atoms with E-state index in [0.29, 0.717) is 23.9 Å². The molecule has 58 heavy (non-hydrogen) atoms. The van der Waals surface area contributed by atoms with Crippen molar-refractivity contribution in [1.82, 2.24) is 0 Å². The predicted molar refractivity (Wildman–Crippen MR) is 242 cm³/mol. The quantitative estimate of drug-likeness (QED) is 0.0214. The minimum atomic E-state index is -4.40. The van der Waals surface area contributed by atoms with Crippen molar-refractivity contribution in [3.8, 4) is 0 Å². The number of carbonyl (C=O) groups is 2. The van der Waals surface area contributed by atoms with Gasteiger partial charge in [-0.05, 0) is 89.9 Å². The number of phosphoric acid groups is 1. The highest BCUT2D eigenvalue weighted by Gasteiger charge is 2.27. The summed E-state index contributed by atoms with van der Waals surface area (Å²) in [4.78, 5) is 35.4. The maximum atomic E-state index is 12.7. The van der Waals surface area contributed by atoms with Gasteiger partial charge < -0.3 is 18.9 Å². The molecule has 0 heterocycles. The summed E-state index contributed by atoms with van der Waals surface area (Å²) in [6, 6.07) is 0. The first-order chi connectivity index (χ1) is 28.0. The van der Waals surface area contributed by atoms with Crippen LogP contribution in [0.2, 0.25) is 0 Å². The summed E-state index contributed by atoms with van der Waals surface area (Å²) in [7, 11) is 1.42. The lowest BCUT2D eigenvalue weighted by Crippen LogP contribution is -2.37. The van der Waals surface area contributed by atoms with Gasteiger partial charge >= 0.3 is 19.8 Å². The number of carbonyl (C=O) groups excluding carboxylic acids is 2. The Kier molecular flexibility index (Phi) is 37.7. The van der Waals surface area contributed by atoms with Crippen LogP contribution in [0.4, 0.5) is 0 Å². The van der Waals surface area contributed by atoms with Crippen LogP contribution in [0, 0.1) is 0 Å². The maximum absolute atomic E-state index is 12.7. The molecular formula is C48H83NO8P+. The van der Waals surface area contributed by atoms with Crippen molar-refractivity contribution in [3.05, 3.63) is 85.1 Å². The molecule has 1 unspecified atom stereocenters. The maximum Gasteiger partial charge on any atom is 0.472 e. The fourth-order valence-electron chi connectivity index (χ4n) is 5.42. The van der Waals surface area contributed by atoms with E-state index in [1.807, 2.05) is 21.1 Å². The molecule has 0 fully saturated rings. The Morgan fingerprint density at radius 1 is 0.552 bits per heavy atom. The molecule has 0 aliphatic carbocycles. The van der Waals surface area contributed by atoms with Gasteiger partial charge in [-0.3, -0.25) is 18.6 Å². The number of unbranched alkanes of at least 4 members (excludes halogenated alkanes) is 11. The molecule has 0 saturated heterocycles. The first-order valence-electron chi connectivity index (χ1n) is 22.3. The Balaban J connectivity index is 4.49. The third-order valence-electron chi connectivity index (χ3n) is 8.91. The average molecular weight is 833 g/mol. The lowest BCUT2D eigenvalue weighted by Gasteiger charge is -2.24. The minimum absolute atomic E-state index is 0.0154. The van der Waals surface area contributed by atoms with Crippen LogP contribution in [0.1, 0.15) is 155 Å². The summed E-state index contributed by atoms with van der Waals surface area (Å²) >= 11 is 0. The molecule has 0 aromatic carbocycles. The zero-order valence-corrected chi connectivity index (χ0v) is 38.1. The first kappa shape index (κ1) is 55.2. The molecule has 0 aliphatic heterocycles. The van der Waals surface area contributed by atoms with Crippen molar-refractivity contribution in [2.45, 2.75) is 161 Å².